The topological polar surface area (TPSA) is 67.9 Å². The molecule has 138 valence electrons. The summed E-state index contributed by atoms with van der Waals surface area (Å²) in [5.41, 5.74) is 2.60. The first kappa shape index (κ1) is 17.6. The summed E-state index contributed by atoms with van der Waals surface area (Å²) in [4.78, 5) is 30.4. The molecule has 3 heterocycles. The molecule has 0 aromatic heterocycles. The molecule has 0 spiro atoms. The molecular weight excluding hydrogens is 422 g/mol. The first-order valence-corrected chi connectivity index (χ1v) is 9.62. The Morgan fingerprint density at radius 1 is 1.12 bits per heavy atom. The Balaban J connectivity index is 1.76. The first-order valence-electron chi connectivity index (χ1n) is 8.33. The van der Waals surface area contributed by atoms with Crippen LogP contribution in [-0.4, -0.2) is 71.0 Å². The summed E-state index contributed by atoms with van der Waals surface area (Å²) in [5, 5.41) is 7.00. The molecule has 3 amide bonds. The van der Waals surface area contributed by atoms with Gasteiger partial charge in [0.25, 0.3) is 5.91 Å². The van der Waals surface area contributed by atoms with Crippen molar-refractivity contribution in [3.63, 3.8) is 0 Å². The van der Waals surface area contributed by atoms with Gasteiger partial charge in [-0.25, -0.2) is 4.79 Å². The second kappa shape index (κ2) is 6.44. The molecule has 0 radical (unpaired) electrons. The van der Waals surface area contributed by atoms with E-state index in [-0.39, 0.29) is 23.1 Å². The standard InChI is InChI=1S/C17H19BrClN5O2/c1-22-7-11(8-23(2)17(22)26)24-14(9-3-5-10(19)6-4-9)12-13(15(24)25)21-16(18)20-12/h3-6,11,13,16,20-21H,7-8H2,1-2H3. The minimum Gasteiger partial charge on any atom is -0.361 e. The maximum absolute atomic E-state index is 13.2. The van der Waals surface area contributed by atoms with Gasteiger partial charge in [0.1, 0.15) is 11.1 Å². The zero-order chi connectivity index (χ0) is 18.6. The minimum atomic E-state index is -0.418. The fraction of sp³-hybridized carbons (Fsp3) is 0.412. The van der Waals surface area contributed by atoms with Gasteiger partial charge < -0.3 is 20.0 Å². The Labute approximate surface area is 165 Å². The van der Waals surface area contributed by atoms with E-state index in [0.717, 1.165) is 17.0 Å². The van der Waals surface area contributed by atoms with Gasteiger partial charge in [-0.2, -0.15) is 0 Å². The van der Waals surface area contributed by atoms with E-state index >= 15 is 0 Å². The van der Waals surface area contributed by atoms with E-state index in [4.69, 9.17) is 11.6 Å². The number of halogens is 2. The fourth-order valence-electron chi connectivity index (χ4n) is 3.84. The van der Waals surface area contributed by atoms with E-state index in [1.807, 2.05) is 29.2 Å². The number of rotatable bonds is 2. The molecule has 2 fully saturated rings. The summed E-state index contributed by atoms with van der Waals surface area (Å²) in [5.74, 6) is -0.0134. The lowest BCUT2D eigenvalue weighted by molar-refractivity contribution is -0.130. The molecule has 2 saturated heterocycles. The maximum Gasteiger partial charge on any atom is 0.319 e. The first-order chi connectivity index (χ1) is 12.4. The summed E-state index contributed by atoms with van der Waals surface area (Å²) >= 11 is 9.50. The summed E-state index contributed by atoms with van der Waals surface area (Å²) in [6.07, 6.45) is 0. The summed E-state index contributed by atoms with van der Waals surface area (Å²) in [7, 11) is 3.51. The van der Waals surface area contributed by atoms with Crippen LogP contribution in [0.25, 0.3) is 5.70 Å². The van der Waals surface area contributed by atoms with Gasteiger partial charge in [0.15, 0.2) is 0 Å². The molecule has 0 saturated carbocycles. The van der Waals surface area contributed by atoms with Crippen LogP contribution < -0.4 is 10.6 Å². The van der Waals surface area contributed by atoms with Gasteiger partial charge in [0, 0.05) is 37.8 Å². The van der Waals surface area contributed by atoms with Crippen molar-refractivity contribution in [1.29, 1.82) is 0 Å². The number of carbonyl (C=O) groups excluding carboxylic acids is 2. The minimum absolute atomic E-state index is 0.0134. The zero-order valence-corrected chi connectivity index (χ0v) is 16.7. The lowest BCUT2D eigenvalue weighted by atomic mass is 10.1. The highest BCUT2D eigenvalue weighted by Crippen LogP contribution is 2.37. The molecule has 1 aromatic rings. The number of fused-ring (bicyclic) bond motifs is 1. The van der Waals surface area contributed by atoms with E-state index in [1.54, 1.807) is 23.9 Å². The highest BCUT2D eigenvalue weighted by atomic mass is 79.9. The number of amides is 3. The number of benzene rings is 1. The van der Waals surface area contributed by atoms with E-state index < -0.39 is 6.04 Å². The van der Waals surface area contributed by atoms with Gasteiger partial charge >= 0.3 is 6.03 Å². The number of likely N-dealkylation sites (N-methyl/N-ethyl adjacent to an activating group) is 2. The Morgan fingerprint density at radius 2 is 1.73 bits per heavy atom. The van der Waals surface area contributed by atoms with Crippen molar-refractivity contribution in [3.05, 3.63) is 40.5 Å². The normalized spacial score (nSPS) is 26.7. The molecule has 4 rings (SSSR count). The van der Waals surface area contributed by atoms with Crippen LogP contribution in [0, 0.1) is 0 Å². The van der Waals surface area contributed by atoms with Crippen molar-refractivity contribution < 1.29 is 9.59 Å². The van der Waals surface area contributed by atoms with Gasteiger partial charge in [-0.05, 0) is 28.1 Å². The number of alkyl halides is 1. The van der Waals surface area contributed by atoms with Gasteiger partial charge in [0.2, 0.25) is 0 Å². The second-order valence-electron chi connectivity index (χ2n) is 6.78. The molecule has 9 heteroatoms. The van der Waals surface area contributed by atoms with Crippen molar-refractivity contribution in [1.82, 2.24) is 25.3 Å². The molecule has 2 atom stereocenters. The highest BCUT2D eigenvalue weighted by molar-refractivity contribution is 9.09. The van der Waals surface area contributed by atoms with Crippen LogP contribution >= 0.6 is 27.5 Å². The van der Waals surface area contributed by atoms with Crippen molar-refractivity contribution in [2.24, 2.45) is 0 Å². The van der Waals surface area contributed by atoms with Crippen molar-refractivity contribution in [2.45, 2.75) is 17.2 Å². The molecule has 3 aliphatic rings. The average molecular weight is 441 g/mol. The Kier molecular flexibility index (Phi) is 4.37. The Morgan fingerprint density at radius 3 is 2.35 bits per heavy atom. The number of carbonyl (C=O) groups is 2. The third-order valence-electron chi connectivity index (χ3n) is 4.97. The molecule has 0 aliphatic carbocycles. The number of hydrogen-bond donors (Lipinski definition) is 2. The van der Waals surface area contributed by atoms with E-state index in [0.29, 0.717) is 18.1 Å². The third kappa shape index (κ3) is 2.76. The predicted molar refractivity (Wildman–Crippen MR) is 102 cm³/mol. The number of nitrogens with one attached hydrogen (secondary N) is 2. The number of hydrogen-bond acceptors (Lipinski definition) is 4. The summed E-state index contributed by atoms with van der Waals surface area (Å²) < 4.78 is 0. The smallest absolute Gasteiger partial charge is 0.319 e. The Bertz CT molecular complexity index is 785. The van der Waals surface area contributed by atoms with E-state index in [9.17, 15) is 9.59 Å². The lowest BCUT2D eigenvalue weighted by Crippen LogP contribution is -2.59. The van der Waals surface area contributed by atoms with Crippen LogP contribution in [0.3, 0.4) is 0 Å². The largest absolute Gasteiger partial charge is 0.361 e. The van der Waals surface area contributed by atoms with Crippen LogP contribution in [0.5, 0.6) is 0 Å². The molecule has 0 bridgehead atoms. The van der Waals surface area contributed by atoms with Crippen molar-refractivity contribution in [3.8, 4) is 0 Å². The van der Waals surface area contributed by atoms with Gasteiger partial charge in [-0.15, -0.1) is 0 Å². The van der Waals surface area contributed by atoms with Crippen molar-refractivity contribution in [2.75, 3.05) is 27.2 Å². The molecule has 2 N–H and O–H groups in total. The fourth-order valence-corrected chi connectivity index (χ4v) is 4.47. The lowest BCUT2D eigenvalue weighted by Gasteiger charge is -2.41. The molecule has 7 nitrogen and oxygen atoms in total. The van der Waals surface area contributed by atoms with E-state index in [2.05, 4.69) is 26.6 Å². The number of nitrogens with zero attached hydrogens (tertiary/aromatic N) is 3. The second-order valence-corrected chi connectivity index (χ2v) is 8.13. The van der Waals surface area contributed by atoms with Gasteiger partial charge in [0.05, 0.1) is 17.4 Å². The highest BCUT2D eigenvalue weighted by Gasteiger charge is 2.48. The quantitative estimate of drug-likeness (QED) is 0.540. The molecule has 1 aromatic carbocycles. The predicted octanol–water partition coefficient (Wildman–Crippen LogP) is 1.46. The molecule has 2 unspecified atom stereocenters. The third-order valence-corrected chi connectivity index (χ3v) is 5.71. The average Bonchev–Trinajstić information content (AvgIpc) is 3.09. The Hall–Kier alpha value is -1.77. The SMILES string of the molecule is CN1CC(N2C(=O)C3NC(Br)NC3=C2c2ccc(Cl)cc2)CN(C)C1=O. The van der Waals surface area contributed by atoms with Crippen molar-refractivity contribution >= 4 is 45.2 Å². The molecule has 3 aliphatic heterocycles. The summed E-state index contributed by atoms with van der Waals surface area (Å²) in [6, 6.07) is 6.88. The summed E-state index contributed by atoms with van der Waals surface area (Å²) in [6.45, 7) is 0.980. The van der Waals surface area contributed by atoms with E-state index in [1.165, 1.54) is 0 Å². The van der Waals surface area contributed by atoms with Crippen LogP contribution in [0.4, 0.5) is 4.79 Å². The molecule has 26 heavy (non-hydrogen) atoms. The van der Waals surface area contributed by atoms with Crippen LogP contribution in [-0.2, 0) is 4.79 Å². The van der Waals surface area contributed by atoms with Crippen LogP contribution in [0.15, 0.2) is 30.0 Å². The zero-order valence-electron chi connectivity index (χ0n) is 14.4. The molecular formula is C17H19BrClN5O2. The maximum atomic E-state index is 13.2. The monoisotopic (exact) mass is 439 g/mol. The van der Waals surface area contributed by atoms with Crippen LogP contribution in [0.2, 0.25) is 5.02 Å². The number of urea groups is 1. The van der Waals surface area contributed by atoms with Gasteiger partial charge in [-0.3, -0.25) is 10.1 Å². The van der Waals surface area contributed by atoms with Gasteiger partial charge in [-0.1, -0.05) is 23.7 Å². The van der Waals surface area contributed by atoms with Crippen LogP contribution in [0.1, 0.15) is 5.56 Å².